The molecule has 1 fully saturated rings. The average Bonchev–Trinajstić information content (AvgIpc) is 2.33. The molecule has 4 nitrogen and oxygen atoms in total. The molecule has 6 heteroatoms. The molecule has 2 amide bonds. The van der Waals surface area contributed by atoms with Crippen molar-refractivity contribution >= 4 is 11.8 Å². The third kappa shape index (κ3) is 3.23. The second kappa shape index (κ2) is 4.65. The SMILES string of the molecule is NCC(F)(F)CN1C(=O)CCCCC1=O. The van der Waals surface area contributed by atoms with Crippen LogP contribution in [0.2, 0.25) is 0 Å². The highest BCUT2D eigenvalue weighted by molar-refractivity contribution is 5.96. The standard InChI is InChI=1S/C9H14F2N2O2/c10-9(11,5-12)6-13-7(14)3-1-2-4-8(13)15/h1-6,12H2. The number of hydrogen-bond donors (Lipinski definition) is 1. The lowest BCUT2D eigenvalue weighted by atomic mass is 10.2. The summed E-state index contributed by atoms with van der Waals surface area (Å²) < 4.78 is 25.9. The molecule has 0 atom stereocenters. The second-order valence-electron chi connectivity index (χ2n) is 3.64. The highest BCUT2D eigenvalue weighted by atomic mass is 19.3. The Hall–Kier alpha value is -1.04. The van der Waals surface area contributed by atoms with Gasteiger partial charge in [-0.3, -0.25) is 14.5 Å². The van der Waals surface area contributed by atoms with Gasteiger partial charge in [-0.05, 0) is 12.8 Å². The number of amides is 2. The van der Waals surface area contributed by atoms with Crippen LogP contribution < -0.4 is 5.73 Å². The molecular weight excluding hydrogens is 206 g/mol. The molecule has 0 unspecified atom stereocenters. The fourth-order valence-corrected chi connectivity index (χ4v) is 1.43. The molecule has 0 bridgehead atoms. The van der Waals surface area contributed by atoms with Crippen molar-refractivity contribution in [2.45, 2.75) is 31.6 Å². The van der Waals surface area contributed by atoms with E-state index in [1.165, 1.54) is 0 Å². The quantitative estimate of drug-likeness (QED) is 0.705. The number of carbonyl (C=O) groups excluding carboxylic acids is 2. The number of imide groups is 1. The molecule has 0 saturated carbocycles. The number of alkyl halides is 2. The van der Waals surface area contributed by atoms with E-state index >= 15 is 0 Å². The van der Waals surface area contributed by atoms with Gasteiger partial charge in [0.2, 0.25) is 11.8 Å². The van der Waals surface area contributed by atoms with Gasteiger partial charge in [0.25, 0.3) is 5.92 Å². The first-order valence-electron chi connectivity index (χ1n) is 4.87. The summed E-state index contributed by atoms with van der Waals surface area (Å²) in [4.78, 5) is 23.3. The van der Waals surface area contributed by atoms with Gasteiger partial charge < -0.3 is 5.73 Å². The van der Waals surface area contributed by atoms with Crippen molar-refractivity contribution in [3.05, 3.63) is 0 Å². The van der Waals surface area contributed by atoms with Gasteiger partial charge in [-0.15, -0.1) is 0 Å². The van der Waals surface area contributed by atoms with Crippen molar-refractivity contribution in [1.29, 1.82) is 0 Å². The van der Waals surface area contributed by atoms with Gasteiger partial charge in [-0.1, -0.05) is 0 Å². The van der Waals surface area contributed by atoms with Crippen LogP contribution >= 0.6 is 0 Å². The Kier molecular flexibility index (Phi) is 3.73. The smallest absolute Gasteiger partial charge is 0.277 e. The molecule has 0 aromatic heterocycles. The van der Waals surface area contributed by atoms with E-state index in [0.717, 1.165) is 0 Å². The summed E-state index contributed by atoms with van der Waals surface area (Å²) in [7, 11) is 0. The van der Waals surface area contributed by atoms with Crippen LogP contribution in [0.3, 0.4) is 0 Å². The Bertz CT molecular complexity index is 251. The summed E-state index contributed by atoms with van der Waals surface area (Å²) in [5, 5.41) is 0. The molecule has 0 aromatic rings. The molecule has 0 spiro atoms. The number of likely N-dealkylation sites (tertiary alicyclic amines) is 1. The summed E-state index contributed by atoms with van der Waals surface area (Å²) in [5.74, 6) is -4.23. The van der Waals surface area contributed by atoms with Crippen molar-refractivity contribution in [2.24, 2.45) is 5.73 Å². The highest BCUT2D eigenvalue weighted by Gasteiger charge is 2.35. The first-order chi connectivity index (χ1) is 6.96. The van der Waals surface area contributed by atoms with Gasteiger partial charge in [0.05, 0.1) is 13.1 Å². The van der Waals surface area contributed by atoms with Crippen LogP contribution in [0, 0.1) is 0 Å². The molecule has 1 rings (SSSR count). The molecule has 1 saturated heterocycles. The number of nitrogens with two attached hydrogens (primary N) is 1. The topological polar surface area (TPSA) is 63.4 Å². The van der Waals surface area contributed by atoms with Gasteiger partial charge in [0.1, 0.15) is 0 Å². The molecule has 86 valence electrons. The summed E-state index contributed by atoms with van der Waals surface area (Å²) >= 11 is 0. The summed E-state index contributed by atoms with van der Waals surface area (Å²) in [6.07, 6.45) is 1.48. The predicted octanol–water partition coefficient (Wildman–Crippen LogP) is 0.510. The number of nitrogens with zero attached hydrogens (tertiary/aromatic N) is 1. The van der Waals surface area contributed by atoms with Crippen molar-refractivity contribution < 1.29 is 18.4 Å². The zero-order chi connectivity index (χ0) is 11.5. The van der Waals surface area contributed by atoms with Crippen LogP contribution in [0.1, 0.15) is 25.7 Å². The largest absolute Gasteiger partial charge is 0.325 e. The Morgan fingerprint density at radius 3 is 2.07 bits per heavy atom. The molecule has 2 N–H and O–H groups in total. The van der Waals surface area contributed by atoms with Gasteiger partial charge in [0.15, 0.2) is 0 Å². The summed E-state index contributed by atoms with van der Waals surface area (Å²) in [6, 6.07) is 0. The number of rotatable bonds is 3. The number of hydrogen-bond acceptors (Lipinski definition) is 3. The van der Waals surface area contributed by atoms with E-state index in [1.54, 1.807) is 0 Å². The third-order valence-electron chi connectivity index (χ3n) is 2.32. The first-order valence-corrected chi connectivity index (χ1v) is 4.87. The van der Waals surface area contributed by atoms with Gasteiger partial charge in [-0.2, -0.15) is 0 Å². The van der Waals surface area contributed by atoms with Gasteiger partial charge in [-0.25, -0.2) is 8.78 Å². The molecular formula is C9H14F2N2O2. The van der Waals surface area contributed by atoms with Crippen molar-refractivity contribution in [3.8, 4) is 0 Å². The Balaban J connectivity index is 2.71. The normalized spacial score (nSPS) is 19.3. The molecule has 0 radical (unpaired) electrons. The lowest BCUT2D eigenvalue weighted by Crippen LogP contribution is -2.46. The van der Waals surface area contributed by atoms with Crippen LogP contribution in [-0.4, -0.2) is 35.7 Å². The van der Waals surface area contributed by atoms with E-state index in [1.807, 2.05) is 0 Å². The highest BCUT2D eigenvalue weighted by Crippen LogP contribution is 2.18. The van der Waals surface area contributed by atoms with Crippen LogP contribution in [-0.2, 0) is 9.59 Å². The summed E-state index contributed by atoms with van der Waals surface area (Å²) in [6.45, 7) is -1.74. The first kappa shape index (κ1) is 12.0. The Morgan fingerprint density at radius 2 is 1.67 bits per heavy atom. The molecule has 1 heterocycles. The Labute approximate surface area is 86.4 Å². The fourth-order valence-electron chi connectivity index (χ4n) is 1.43. The minimum Gasteiger partial charge on any atom is -0.325 e. The molecule has 1 aliphatic rings. The van der Waals surface area contributed by atoms with Crippen LogP contribution in [0.5, 0.6) is 0 Å². The zero-order valence-electron chi connectivity index (χ0n) is 8.34. The number of halogens is 2. The minimum absolute atomic E-state index is 0.159. The molecule has 1 aliphatic heterocycles. The van der Waals surface area contributed by atoms with Gasteiger partial charge >= 0.3 is 0 Å². The van der Waals surface area contributed by atoms with Crippen LogP contribution in [0.25, 0.3) is 0 Å². The zero-order valence-corrected chi connectivity index (χ0v) is 8.34. The molecule has 15 heavy (non-hydrogen) atoms. The summed E-state index contributed by atoms with van der Waals surface area (Å²) in [5.41, 5.74) is 4.85. The van der Waals surface area contributed by atoms with Crippen LogP contribution in [0.4, 0.5) is 8.78 Å². The minimum atomic E-state index is -3.18. The van der Waals surface area contributed by atoms with E-state index in [0.29, 0.717) is 17.7 Å². The van der Waals surface area contributed by atoms with Crippen molar-refractivity contribution in [3.63, 3.8) is 0 Å². The van der Waals surface area contributed by atoms with E-state index in [2.05, 4.69) is 0 Å². The second-order valence-corrected chi connectivity index (χ2v) is 3.64. The van der Waals surface area contributed by atoms with E-state index in [-0.39, 0.29) is 12.8 Å². The maximum absolute atomic E-state index is 12.9. The maximum atomic E-state index is 12.9. The third-order valence-corrected chi connectivity index (χ3v) is 2.32. The Morgan fingerprint density at radius 1 is 1.20 bits per heavy atom. The average molecular weight is 220 g/mol. The van der Waals surface area contributed by atoms with Crippen LogP contribution in [0.15, 0.2) is 0 Å². The van der Waals surface area contributed by atoms with Gasteiger partial charge in [0, 0.05) is 12.8 Å². The molecule has 0 aliphatic carbocycles. The van der Waals surface area contributed by atoms with E-state index in [4.69, 9.17) is 5.73 Å². The lowest BCUT2D eigenvalue weighted by Gasteiger charge is -2.23. The monoisotopic (exact) mass is 220 g/mol. The van der Waals surface area contributed by atoms with E-state index in [9.17, 15) is 18.4 Å². The van der Waals surface area contributed by atoms with Crippen molar-refractivity contribution in [1.82, 2.24) is 4.90 Å². The van der Waals surface area contributed by atoms with Crippen molar-refractivity contribution in [2.75, 3.05) is 13.1 Å². The lowest BCUT2D eigenvalue weighted by molar-refractivity contribution is -0.149. The van der Waals surface area contributed by atoms with E-state index < -0.39 is 30.8 Å². The fraction of sp³-hybridized carbons (Fsp3) is 0.778. The number of carbonyl (C=O) groups is 2. The molecule has 0 aromatic carbocycles. The maximum Gasteiger partial charge on any atom is 0.277 e. The predicted molar refractivity (Wildman–Crippen MR) is 49.2 cm³/mol.